The van der Waals surface area contributed by atoms with Crippen molar-refractivity contribution in [1.82, 2.24) is 0 Å². The van der Waals surface area contributed by atoms with Gasteiger partial charge in [0.05, 0.1) is 25.3 Å². The molecule has 0 spiro atoms. The van der Waals surface area contributed by atoms with Crippen LogP contribution in [0.4, 0.5) is 11.4 Å². The topological polar surface area (TPSA) is 76.7 Å². The minimum atomic E-state index is -0.420. The number of ether oxygens (including phenoxy) is 2. The summed E-state index contributed by atoms with van der Waals surface area (Å²) in [5.41, 5.74) is 2.24. The normalized spacial score (nSPS) is 9.75. The Labute approximate surface area is 144 Å². The lowest BCUT2D eigenvalue weighted by Gasteiger charge is -2.11. The number of carbonyl (C=O) groups is 2. The van der Waals surface area contributed by atoms with Crippen molar-refractivity contribution in [2.45, 2.75) is 0 Å². The second kappa shape index (κ2) is 8.07. The molecule has 2 N–H and O–H groups in total. The van der Waals surface area contributed by atoms with Crippen LogP contribution in [0.2, 0.25) is 0 Å². The molecular weight excluding hydrogens is 328 g/mol. The first-order valence-corrected chi connectivity index (χ1v) is 7.39. The number of methoxy groups -OCH3 is 2. The van der Waals surface area contributed by atoms with E-state index in [0.29, 0.717) is 27.6 Å². The summed E-state index contributed by atoms with van der Waals surface area (Å²) >= 11 is 5.23. The molecule has 0 atom stereocenters. The SMILES string of the molecule is COC(=O)c1ccc(NC(=S)Nc2cccc(C(=O)OC)c2)cc1. The number of esters is 2. The van der Waals surface area contributed by atoms with E-state index in [9.17, 15) is 9.59 Å². The molecule has 0 heterocycles. The number of rotatable bonds is 4. The van der Waals surface area contributed by atoms with Gasteiger partial charge in [0.1, 0.15) is 0 Å². The first-order valence-electron chi connectivity index (χ1n) is 6.98. The van der Waals surface area contributed by atoms with Gasteiger partial charge in [-0.2, -0.15) is 0 Å². The third-order valence-corrected chi connectivity index (χ3v) is 3.31. The second-order valence-corrected chi connectivity index (χ2v) is 5.13. The van der Waals surface area contributed by atoms with Crippen molar-refractivity contribution in [2.75, 3.05) is 24.9 Å². The van der Waals surface area contributed by atoms with Gasteiger partial charge < -0.3 is 20.1 Å². The van der Waals surface area contributed by atoms with Crippen molar-refractivity contribution in [3.05, 3.63) is 59.7 Å². The summed E-state index contributed by atoms with van der Waals surface area (Å²) in [6, 6.07) is 13.5. The molecule has 0 aliphatic heterocycles. The van der Waals surface area contributed by atoms with E-state index in [2.05, 4.69) is 20.1 Å². The standard InChI is InChI=1S/C17H16N2O4S/c1-22-15(20)11-6-8-13(9-7-11)18-17(24)19-14-5-3-4-12(10-14)16(21)23-2/h3-10H,1-2H3,(H2,18,19,24). The van der Waals surface area contributed by atoms with Crippen molar-refractivity contribution < 1.29 is 19.1 Å². The molecule has 7 heteroatoms. The van der Waals surface area contributed by atoms with Gasteiger partial charge in [0.15, 0.2) is 5.11 Å². The smallest absolute Gasteiger partial charge is 0.337 e. The Morgan fingerprint density at radius 3 is 2.04 bits per heavy atom. The molecule has 0 aliphatic rings. The lowest BCUT2D eigenvalue weighted by Crippen LogP contribution is -2.19. The number of hydrogen-bond donors (Lipinski definition) is 2. The average molecular weight is 344 g/mol. The molecular formula is C17H16N2O4S. The molecule has 0 bridgehead atoms. The number of hydrogen-bond acceptors (Lipinski definition) is 5. The Kier molecular flexibility index (Phi) is 5.86. The number of thiocarbonyl (C=S) groups is 1. The van der Waals surface area contributed by atoms with Gasteiger partial charge >= 0.3 is 11.9 Å². The van der Waals surface area contributed by atoms with Crippen molar-refractivity contribution in [3.8, 4) is 0 Å². The molecule has 0 saturated heterocycles. The van der Waals surface area contributed by atoms with E-state index < -0.39 is 11.9 Å². The van der Waals surface area contributed by atoms with Crippen LogP contribution in [0.25, 0.3) is 0 Å². The first-order chi connectivity index (χ1) is 11.5. The third kappa shape index (κ3) is 4.53. The number of carbonyl (C=O) groups excluding carboxylic acids is 2. The second-order valence-electron chi connectivity index (χ2n) is 4.72. The molecule has 0 aliphatic carbocycles. The van der Waals surface area contributed by atoms with Gasteiger partial charge in [-0.15, -0.1) is 0 Å². The zero-order valence-electron chi connectivity index (χ0n) is 13.2. The Hall–Kier alpha value is -2.93. The lowest BCUT2D eigenvalue weighted by atomic mass is 10.2. The number of nitrogens with one attached hydrogen (secondary N) is 2. The van der Waals surface area contributed by atoms with E-state index in [1.54, 1.807) is 48.5 Å². The minimum absolute atomic E-state index is 0.350. The first kappa shape index (κ1) is 17.4. The monoisotopic (exact) mass is 344 g/mol. The van der Waals surface area contributed by atoms with Crippen LogP contribution in [-0.4, -0.2) is 31.3 Å². The maximum Gasteiger partial charge on any atom is 0.337 e. The van der Waals surface area contributed by atoms with Crippen LogP contribution in [0, 0.1) is 0 Å². The quantitative estimate of drug-likeness (QED) is 0.652. The molecule has 0 unspecified atom stereocenters. The van der Waals surface area contributed by atoms with Crippen LogP contribution in [-0.2, 0) is 9.47 Å². The maximum atomic E-state index is 11.5. The minimum Gasteiger partial charge on any atom is -0.465 e. The fourth-order valence-electron chi connectivity index (χ4n) is 1.94. The Bertz CT molecular complexity index is 759. The zero-order valence-corrected chi connectivity index (χ0v) is 14.0. The largest absolute Gasteiger partial charge is 0.465 e. The highest BCUT2D eigenvalue weighted by molar-refractivity contribution is 7.80. The summed E-state index contributed by atoms with van der Waals surface area (Å²) in [5, 5.41) is 6.32. The molecule has 6 nitrogen and oxygen atoms in total. The molecule has 2 aromatic carbocycles. The zero-order chi connectivity index (χ0) is 17.5. The molecule has 2 rings (SSSR count). The van der Waals surface area contributed by atoms with E-state index >= 15 is 0 Å². The van der Waals surface area contributed by atoms with Gasteiger partial charge in [-0.05, 0) is 54.7 Å². The molecule has 0 saturated carbocycles. The van der Waals surface area contributed by atoms with E-state index in [1.807, 2.05) is 0 Å². The molecule has 2 aromatic rings. The van der Waals surface area contributed by atoms with Gasteiger partial charge in [0.25, 0.3) is 0 Å². The highest BCUT2D eigenvalue weighted by Gasteiger charge is 2.07. The summed E-state index contributed by atoms with van der Waals surface area (Å²) in [6.07, 6.45) is 0. The van der Waals surface area contributed by atoms with Crippen molar-refractivity contribution in [3.63, 3.8) is 0 Å². The fourth-order valence-corrected chi connectivity index (χ4v) is 2.18. The van der Waals surface area contributed by atoms with Crippen molar-refractivity contribution in [1.29, 1.82) is 0 Å². The van der Waals surface area contributed by atoms with Gasteiger partial charge in [0, 0.05) is 11.4 Å². The van der Waals surface area contributed by atoms with Gasteiger partial charge in [0.2, 0.25) is 0 Å². The summed E-state index contributed by atoms with van der Waals surface area (Å²) in [7, 11) is 2.66. The maximum absolute atomic E-state index is 11.5. The van der Waals surface area contributed by atoms with E-state index in [-0.39, 0.29) is 0 Å². The predicted molar refractivity (Wildman–Crippen MR) is 95.4 cm³/mol. The van der Waals surface area contributed by atoms with E-state index in [1.165, 1.54) is 14.2 Å². The van der Waals surface area contributed by atoms with Crippen LogP contribution >= 0.6 is 12.2 Å². The number of benzene rings is 2. The van der Waals surface area contributed by atoms with Crippen molar-refractivity contribution in [2.24, 2.45) is 0 Å². The Morgan fingerprint density at radius 1 is 0.833 bits per heavy atom. The van der Waals surface area contributed by atoms with Gasteiger partial charge in [-0.25, -0.2) is 9.59 Å². The van der Waals surface area contributed by atoms with Crippen LogP contribution in [0.15, 0.2) is 48.5 Å². The van der Waals surface area contributed by atoms with Crippen LogP contribution in [0.5, 0.6) is 0 Å². The third-order valence-electron chi connectivity index (χ3n) is 3.11. The number of anilines is 2. The summed E-state index contributed by atoms with van der Waals surface area (Å²) < 4.78 is 9.32. The van der Waals surface area contributed by atoms with E-state index in [0.717, 1.165) is 0 Å². The van der Waals surface area contributed by atoms with E-state index in [4.69, 9.17) is 12.2 Å². The highest BCUT2D eigenvalue weighted by Crippen LogP contribution is 2.14. The Morgan fingerprint density at radius 2 is 1.42 bits per heavy atom. The van der Waals surface area contributed by atoms with Crippen LogP contribution in [0.3, 0.4) is 0 Å². The molecule has 0 amide bonds. The van der Waals surface area contributed by atoms with Crippen molar-refractivity contribution >= 4 is 40.6 Å². The van der Waals surface area contributed by atoms with Gasteiger partial charge in [-0.1, -0.05) is 6.07 Å². The average Bonchev–Trinajstić information content (AvgIpc) is 2.61. The fraction of sp³-hybridized carbons (Fsp3) is 0.118. The molecule has 0 radical (unpaired) electrons. The molecule has 0 fully saturated rings. The Balaban J connectivity index is 2.00. The predicted octanol–water partition coefficient (Wildman–Crippen LogP) is 3.07. The van der Waals surface area contributed by atoms with Gasteiger partial charge in [-0.3, -0.25) is 0 Å². The molecule has 0 aromatic heterocycles. The summed E-state index contributed by atoms with van der Waals surface area (Å²) in [6.45, 7) is 0. The summed E-state index contributed by atoms with van der Waals surface area (Å²) in [5.74, 6) is -0.821. The molecule has 24 heavy (non-hydrogen) atoms. The lowest BCUT2D eigenvalue weighted by molar-refractivity contribution is 0.0592. The molecule has 124 valence electrons. The van der Waals surface area contributed by atoms with Crippen LogP contribution < -0.4 is 10.6 Å². The highest BCUT2D eigenvalue weighted by atomic mass is 32.1. The van der Waals surface area contributed by atoms with Crippen LogP contribution in [0.1, 0.15) is 20.7 Å². The summed E-state index contributed by atoms with van der Waals surface area (Å²) in [4.78, 5) is 22.9.